The first-order chi connectivity index (χ1) is 13.9. The predicted molar refractivity (Wildman–Crippen MR) is 116 cm³/mol. The number of carbonyl (C=O) groups excluding carboxylic acids is 2. The van der Waals surface area contributed by atoms with Gasteiger partial charge in [0.2, 0.25) is 0 Å². The van der Waals surface area contributed by atoms with Gasteiger partial charge in [0.05, 0.1) is 0 Å². The molecule has 0 aliphatic heterocycles. The Hall–Kier alpha value is -3.11. The topological polar surface area (TPSA) is 55.4 Å². The number of nitrogens with one attached hydrogen (secondary N) is 1. The van der Waals surface area contributed by atoms with E-state index in [9.17, 15) is 9.59 Å². The highest BCUT2D eigenvalue weighted by Gasteiger charge is 2.17. The van der Waals surface area contributed by atoms with Crippen molar-refractivity contribution in [2.45, 2.75) is 26.4 Å². The van der Waals surface area contributed by atoms with E-state index in [2.05, 4.69) is 5.32 Å². The third kappa shape index (κ3) is 5.69. The maximum Gasteiger partial charge on any atom is 0.265 e. The summed E-state index contributed by atoms with van der Waals surface area (Å²) in [4.78, 5) is 24.1. The van der Waals surface area contributed by atoms with Gasteiger partial charge in [-0.1, -0.05) is 54.1 Å². The molecule has 0 fully saturated rings. The van der Waals surface area contributed by atoms with Crippen LogP contribution in [0.4, 0.5) is 5.69 Å². The van der Waals surface area contributed by atoms with Gasteiger partial charge >= 0.3 is 0 Å². The average molecular weight is 408 g/mol. The van der Waals surface area contributed by atoms with Crippen molar-refractivity contribution < 1.29 is 14.3 Å². The molecule has 1 unspecified atom stereocenters. The summed E-state index contributed by atoms with van der Waals surface area (Å²) in [5.41, 5.74) is 3.12. The molecule has 0 spiro atoms. The van der Waals surface area contributed by atoms with Crippen molar-refractivity contribution in [3.05, 3.63) is 94.5 Å². The summed E-state index contributed by atoms with van der Waals surface area (Å²) in [5, 5.41) is 3.41. The molecule has 1 N–H and O–H groups in total. The van der Waals surface area contributed by atoms with Crippen LogP contribution in [-0.2, 0) is 11.2 Å². The molecule has 0 aliphatic carbocycles. The van der Waals surface area contributed by atoms with Crippen molar-refractivity contribution in [3.8, 4) is 5.75 Å². The number of carbonyl (C=O) groups is 2. The first-order valence-electron chi connectivity index (χ1n) is 9.33. The van der Waals surface area contributed by atoms with Gasteiger partial charge in [-0.25, -0.2) is 0 Å². The fourth-order valence-corrected chi connectivity index (χ4v) is 3.12. The lowest BCUT2D eigenvalue weighted by Gasteiger charge is -2.18. The predicted octanol–water partition coefficient (Wildman–Crippen LogP) is 5.54. The van der Waals surface area contributed by atoms with E-state index in [0.717, 1.165) is 11.1 Å². The van der Waals surface area contributed by atoms with Crippen LogP contribution in [0.2, 0.25) is 5.02 Å². The highest BCUT2D eigenvalue weighted by atomic mass is 35.5. The standard InChI is InChI=1S/C24H22ClNO3/c1-16(27)19-9-6-10-22(15-19)26-24(28)17(2)29-23-12-11-21(25)14-20(23)13-18-7-4-3-5-8-18/h3-12,14-15,17H,13H2,1-2H3,(H,26,28). The molecule has 0 bridgehead atoms. The molecule has 0 aliphatic rings. The molecule has 148 valence electrons. The van der Waals surface area contributed by atoms with Crippen molar-refractivity contribution >= 4 is 29.0 Å². The van der Waals surface area contributed by atoms with E-state index >= 15 is 0 Å². The molecule has 0 radical (unpaired) electrons. The van der Waals surface area contributed by atoms with Crippen molar-refractivity contribution in [3.63, 3.8) is 0 Å². The number of hydrogen-bond acceptors (Lipinski definition) is 3. The molecule has 0 saturated heterocycles. The number of halogens is 1. The lowest BCUT2D eigenvalue weighted by Crippen LogP contribution is -2.30. The highest BCUT2D eigenvalue weighted by Crippen LogP contribution is 2.26. The summed E-state index contributed by atoms with van der Waals surface area (Å²) in [6, 6.07) is 22.2. The van der Waals surface area contributed by atoms with E-state index in [4.69, 9.17) is 16.3 Å². The molecule has 1 amide bonds. The second kappa shape index (κ2) is 9.39. The van der Waals surface area contributed by atoms with E-state index in [-0.39, 0.29) is 11.7 Å². The average Bonchev–Trinajstić information content (AvgIpc) is 2.71. The number of ether oxygens (including phenoxy) is 1. The van der Waals surface area contributed by atoms with Gasteiger partial charge in [0, 0.05) is 28.3 Å². The van der Waals surface area contributed by atoms with Crippen LogP contribution in [0.25, 0.3) is 0 Å². The molecule has 3 aromatic carbocycles. The van der Waals surface area contributed by atoms with Gasteiger partial charge in [0.1, 0.15) is 5.75 Å². The molecular weight excluding hydrogens is 386 g/mol. The van der Waals surface area contributed by atoms with Crippen LogP contribution in [0, 0.1) is 0 Å². The van der Waals surface area contributed by atoms with Crippen LogP contribution in [-0.4, -0.2) is 17.8 Å². The van der Waals surface area contributed by atoms with Crippen LogP contribution in [0.15, 0.2) is 72.8 Å². The van der Waals surface area contributed by atoms with Crippen molar-refractivity contribution in [1.29, 1.82) is 0 Å². The van der Waals surface area contributed by atoms with E-state index in [1.165, 1.54) is 6.92 Å². The molecule has 29 heavy (non-hydrogen) atoms. The molecule has 1 atom stereocenters. The molecule has 3 aromatic rings. The summed E-state index contributed by atoms with van der Waals surface area (Å²) >= 11 is 6.17. The Balaban J connectivity index is 1.73. The number of Topliss-reactive ketones (excluding diaryl/α,β-unsaturated/α-hetero) is 1. The second-order valence-electron chi connectivity index (χ2n) is 6.80. The first-order valence-corrected chi connectivity index (χ1v) is 9.71. The minimum Gasteiger partial charge on any atom is -0.481 e. The van der Waals surface area contributed by atoms with Gasteiger partial charge in [-0.05, 0) is 49.7 Å². The van der Waals surface area contributed by atoms with E-state index in [1.54, 1.807) is 43.3 Å². The maximum absolute atomic E-state index is 12.6. The molecule has 4 nitrogen and oxygen atoms in total. The van der Waals surface area contributed by atoms with Gasteiger partial charge in [0.25, 0.3) is 5.91 Å². The van der Waals surface area contributed by atoms with E-state index < -0.39 is 6.10 Å². The molecular formula is C24H22ClNO3. The molecule has 5 heteroatoms. The minimum atomic E-state index is -0.730. The number of hydrogen-bond donors (Lipinski definition) is 1. The summed E-state index contributed by atoms with van der Waals surface area (Å²) in [6.07, 6.45) is -0.0854. The summed E-state index contributed by atoms with van der Waals surface area (Å²) < 4.78 is 5.95. The third-order valence-corrected chi connectivity index (χ3v) is 4.70. The molecule has 0 heterocycles. The Labute approximate surface area is 175 Å². The van der Waals surface area contributed by atoms with Crippen LogP contribution < -0.4 is 10.1 Å². The zero-order valence-corrected chi connectivity index (χ0v) is 17.1. The number of rotatable bonds is 7. The van der Waals surface area contributed by atoms with Crippen molar-refractivity contribution in [2.24, 2.45) is 0 Å². The van der Waals surface area contributed by atoms with E-state index in [1.807, 2.05) is 36.4 Å². The Morgan fingerprint density at radius 2 is 1.76 bits per heavy atom. The molecule has 0 saturated carbocycles. The number of ketones is 1. The zero-order valence-electron chi connectivity index (χ0n) is 16.3. The lowest BCUT2D eigenvalue weighted by atomic mass is 10.0. The van der Waals surface area contributed by atoms with Crippen LogP contribution in [0.3, 0.4) is 0 Å². The first kappa shape index (κ1) is 20.6. The lowest BCUT2D eigenvalue weighted by molar-refractivity contribution is -0.122. The van der Waals surface area contributed by atoms with Gasteiger partial charge < -0.3 is 10.1 Å². The fourth-order valence-electron chi connectivity index (χ4n) is 2.92. The van der Waals surface area contributed by atoms with E-state index in [0.29, 0.717) is 28.4 Å². The van der Waals surface area contributed by atoms with Gasteiger partial charge in [-0.3, -0.25) is 9.59 Å². The van der Waals surface area contributed by atoms with Crippen molar-refractivity contribution in [1.82, 2.24) is 0 Å². The smallest absolute Gasteiger partial charge is 0.265 e. The number of amides is 1. The fraction of sp³-hybridized carbons (Fsp3) is 0.167. The monoisotopic (exact) mass is 407 g/mol. The quantitative estimate of drug-likeness (QED) is 0.523. The SMILES string of the molecule is CC(=O)c1cccc(NC(=O)C(C)Oc2ccc(Cl)cc2Cc2ccccc2)c1. The summed E-state index contributed by atoms with van der Waals surface area (Å²) in [7, 11) is 0. The highest BCUT2D eigenvalue weighted by molar-refractivity contribution is 6.30. The maximum atomic E-state index is 12.6. The van der Waals surface area contributed by atoms with Crippen LogP contribution >= 0.6 is 11.6 Å². The Morgan fingerprint density at radius 3 is 2.48 bits per heavy atom. The summed E-state index contributed by atoms with van der Waals surface area (Å²) in [6.45, 7) is 3.17. The van der Waals surface area contributed by atoms with Crippen molar-refractivity contribution in [2.75, 3.05) is 5.32 Å². The number of benzene rings is 3. The van der Waals surface area contributed by atoms with Gasteiger partial charge in [-0.15, -0.1) is 0 Å². The third-order valence-electron chi connectivity index (χ3n) is 4.47. The normalized spacial score (nSPS) is 11.6. The zero-order chi connectivity index (χ0) is 20.8. The molecule has 3 rings (SSSR count). The summed E-state index contributed by atoms with van der Waals surface area (Å²) in [5.74, 6) is 0.252. The van der Waals surface area contributed by atoms with Gasteiger partial charge in [0.15, 0.2) is 11.9 Å². The minimum absolute atomic E-state index is 0.0582. The Bertz CT molecular complexity index is 1020. The largest absolute Gasteiger partial charge is 0.481 e. The van der Waals surface area contributed by atoms with Crippen LogP contribution in [0.5, 0.6) is 5.75 Å². The Morgan fingerprint density at radius 1 is 1.00 bits per heavy atom. The molecule has 0 aromatic heterocycles. The van der Waals surface area contributed by atoms with Gasteiger partial charge in [-0.2, -0.15) is 0 Å². The number of anilines is 1. The Kier molecular flexibility index (Phi) is 6.68. The van der Waals surface area contributed by atoms with Crippen LogP contribution in [0.1, 0.15) is 35.3 Å². The second-order valence-corrected chi connectivity index (χ2v) is 7.24.